The van der Waals surface area contributed by atoms with Crippen molar-refractivity contribution in [3.05, 3.63) is 33.0 Å². The van der Waals surface area contributed by atoms with Gasteiger partial charge >= 0.3 is 0 Å². The van der Waals surface area contributed by atoms with E-state index in [4.69, 9.17) is 5.11 Å². The zero-order chi connectivity index (χ0) is 16.3. The predicted molar refractivity (Wildman–Crippen MR) is 91.6 cm³/mol. The first-order valence-corrected chi connectivity index (χ1v) is 8.52. The number of carbonyl (C=O) groups excluding carboxylic acids is 1. The van der Waals surface area contributed by atoms with E-state index in [1.165, 1.54) is 22.7 Å². The van der Waals surface area contributed by atoms with Crippen molar-refractivity contribution in [2.24, 2.45) is 0 Å². The maximum atomic E-state index is 12.2. The molecule has 116 valence electrons. The molecule has 2 heterocycles. The fraction of sp³-hybridized carbons (Fsp3) is 0.375. The van der Waals surface area contributed by atoms with Crippen LogP contribution < -0.4 is 5.32 Å². The number of thiazole rings is 1. The van der Waals surface area contributed by atoms with Crippen molar-refractivity contribution in [2.75, 3.05) is 5.32 Å². The van der Waals surface area contributed by atoms with Gasteiger partial charge in [-0.25, -0.2) is 4.98 Å². The number of hydrogen-bond acceptors (Lipinski definition) is 5. The minimum Gasteiger partial charge on any atom is -0.381 e. The molecule has 1 amide bonds. The van der Waals surface area contributed by atoms with Gasteiger partial charge in [-0.05, 0) is 19.1 Å². The SMILES string of the molecule is CC(O)C#Cc1ccc(C(=O)Nc2nc(C(C)(C)C)cs2)s1. The van der Waals surface area contributed by atoms with Gasteiger partial charge in [0.2, 0.25) is 0 Å². The second-order valence-electron chi connectivity index (χ2n) is 5.85. The van der Waals surface area contributed by atoms with Gasteiger partial charge in [0.1, 0.15) is 6.10 Å². The zero-order valence-electron chi connectivity index (χ0n) is 12.9. The number of thiophene rings is 1. The Morgan fingerprint density at radius 3 is 2.73 bits per heavy atom. The van der Waals surface area contributed by atoms with E-state index in [0.29, 0.717) is 10.0 Å². The van der Waals surface area contributed by atoms with E-state index in [1.54, 1.807) is 19.1 Å². The topological polar surface area (TPSA) is 62.2 Å². The van der Waals surface area contributed by atoms with E-state index in [-0.39, 0.29) is 11.3 Å². The summed E-state index contributed by atoms with van der Waals surface area (Å²) in [5.41, 5.74) is 0.925. The van der Waals surface area contributed by atoms with Crippen molar-refractivity contribution in [1.82, 2.24) is 4.98 Å². The molecule has 2 aromatic heterocycles. The van der Waals surface area contributed by atoms with Gasteiger partial charge in [-0.15, -0.1) is 22.7 Å². The quantitative estimate of drug-likeness (QED) is 0.827. The molecule has 2 rings (SSSR count). The Bertz CT molecular complexity index is 727. The molecule has 0 fully saturated rings. The second-order valence-corrected chi connectivity index (χ2v) is 7.79. The third-order valence-electron chi connectivity index (χ3n) is 2.73. The highest BCUT2D eigenvalue weighted by Crippen LogP contribution is 2.27. The summed E-state index contributed by atoms with van der Waals surface area (Å²) in [6.07, 6.45) is -0.675. The molecule has 0 bridgehead atoms. The van der Waals surface area contributed by atoms with Gasteiger partial charge < -0.3 is 5.11 Å². The fourth-order valence-corrected chi connectivity index (χ4v) is 3.23. The summed E-state index contributed by atoms with van der Waals surface area (Å²) in [5, 5.41) is 14.5. The Morgan fingerprint density at radius 1 is 1.41 bits per heavy atom. The van der Waals surface area contributed by atoms with Crippen LogP contribution in [0.5, 0.6) is 0 Å². The van der Waals surface area contributed by atoms with E-state index in [0.717, 1.165) is 10.6 Å². The standard InChI is InChI=1S/C16H18N2O2S2/c1-10(19)5-6-11-7-8-12(22-11)14(20)18-15-17-13(9-21-15)16(2,3)4/h7-10,19H,1-4H3,(H,17,18,20). The fourth-order valence-electron chi connectivity index (χ4n) is 1.54. The Labute approximate surface area is 138 Å². The van der Waals surface area contributed by atoms with E-state index in [1.807, 2.05) is 5.38 Å². The van der Waals surface area contributed by atoms with Gasteiger partial charge in [-0.1, -0.05) is 32.6 Å². The average molecular weight is 334 g/mol. The monoisotopic (exact) mass is 334 g/mol. The van der Waals surface area contributed by atoms with Gasteiger partial charge in [0, 0.05) is 10.8 Å². The number of anilines is 1. The Hall–Kier alpha value is -1.68. The summed E-state index contributed by atoms with van der Waals surface area (Å²) < 4.78 is 0. The largest absolute Gasteiger partial charge is 0.381 e. The zero-order valence-corrected chi connectivity index (χ0v) is 14.6. The van der Waals surface area contributed by atoms with Crippen LogP contribution in [0, 0.1) is 11.8 Å². The van der Waals surface area contributed by atoms with Crippen molar-refractivity contribution >= 4 is 33.7 Å². The van der Waals surface area contributed by atoms with Crippen molar-refractivity contribution in [1.29, 1.82) is 0 Å². The highest BCUT2D eigenvalue weighted by Gasteiger charge is 2.18. The lowest BCUT2D eigenvalue weighted by atomic mass is 9.93. The summed E-state index contributed by atoms with van der Waals surface area (Å²) in [6.45, 7) is 7.85. The molecule has 4 nitrogen and oxygen atoms in total. The molecule has 0 saturated carbocycles. The molecule has 0 aliphatic carbocycles. The minimum atomic E-state index is -0.675. The van der Waals surface area contributed by atoms with Crippen molar-refractivity contribution in [3.63, 3.8) is 0 Å². The van der Waals surface area contributed by atoms with Crippen LogP contribution in [0.15, 0.2) is 17.5 Å². The maximum absolute atomic E-state index is 12.2. The lowest BCUT2D eigenvalue weighted by molar-refractivity contribution is 0.103. The van der Waals surface area contributed by atoms with Crippen molar-refractivity contribution in [3.8, 4) is 11.8 Å². The van der Waals surface area contributed by atoms with Crippen LogP contribution in [0.2, 0.25) is 0 Å². The first kappa shape index (κ1) is 16.7. The number of nitrogens with one attached hydrogen (secondary N) is 1. The van der Waals surface area contributed by atoms with Gasteiger partial charge in [-0.2, -0.15) is 0 Å². The predicted octanol–water partition coefficient (Wildman–Crippen LogP) is 3.49. The number of hydrogen-bond donors (Lipinski definition) is 2. The molecule has 0 radical (unpaired) electrons. The lowest BCUT2D eigenvalue weighted by Gasteiger charge is -2.14. The van der Waals surface area contributed by atoms with Gasteiger partial charge in [0.05, 0.1) is 15.4 Å². The summed E-state index contributed by atoms with van der Waals surface area (Å²) in [7, 11) is 0. The van der Waals surface area contributed by atoms with Gasteiger partial charge in [0.25, 0.3) is 5.91 Å². The highest BCUT2D eigenvalue weighted by molar-refractivity contribution is 7.15. The molecule has 6 heteroatoms. The summed E-state index contributed by atoms with van der Waals surface area (Å²) >= 11 is 2.72. The number of aliphatic hydroxyl groups is 1. The van der Waals surface area contributed by atoms with E-state index >= 15 is 0 Å². The third kappa shape index (κ3) is 4.41. The molecular formula is C16H18N2O2S2. The van der Waals surface area contributed by atoms with Crippen molar-refractivity contribution in [2.45, 2.75) is 39.2 Å². The molecule has 1 atom stereocenters. The summed E-state index contributed by atoms with van der Waals surface area (Å²) in [4.78, 5) is 18.0. The summed E-state index contributed by atoms with van der Waals surface area (Å²) in [6, 6.07) is 3.50. The van der Waals surface area contributed by atoms with Gasteiger partial charge in [0.15, 0.2) is 5.13 Å². The van der Waals surface area contributed by atoms with E-state index < -0.39 is 6.10 Å². The van der Waals surface area contributed by atoms with Crippen LogP contribution >= 0.6 is 22.7 Å². The smallest absolute Gasteiger partial charge is 0.267 e. The number of aromatic nitrogens is 1. The Balaban J connectivity index is 2.07. The first-order valence-electron chi connectivity index (χ1n) is 6.82. The van der Waals surface area contributed by atoms with E-state index in [9.17, 15) is 4.79 Å². The molecule has 0 aliphatic rings. The molecule has 2 aromatic rings. The molecule has 2 N–H and O–H groups in total. The normalized spacial score (nSPS) is 12.4. The molecule has 1 unspecified atom stereocenters. The maximum Gasteiger partial charge on any atom is 0.267 e. The number of nitrogens with zero attached hydrogens (tertiary/aromatic N) is 1. The van der Waals surface area contributed by atoms with E-state index in [2.05, 4.69) is 42.9 Å². The van der Waals surface area contributed by atoms with Crippen LogP contribution in [0.4, 0.5) is 5.13 Å². The van der Waals surface area contributed by atoms with Crippen LogP contribution in [0.25, 0.3) is 0 Å². The Morgan fingerprint density at radius 2 is 2.14 bits per heavy atom. The number of amides is 1. The number of aliphatic hydroxyl groups excluding tert-OH is 1. The van der Waals surface area contributed by atoms with Crippen LogP contribution in [0.1, 0.15) is 47.9 Å². The molecule has 0 spiro atoms. The first-order chi connectivity index (χ1) is 10.3. The molecule has 0 saturated heterocycles. The van der Waals surface area contributed by atoms with Crippen LogP contribution in [0.3, 0.4) is 0 Å². The third-order valence-corrected chi connectivity index (χ3v) is 4.48. The highest BCUT2D eigenvalue weighted by atomic mass is 32.1. The van der Waals surface area contributed by atoms with Crippen molar-refractivity contribution < 1.29 is 9.90 Å². The van der Waals surface area contributed by atoms with Gasteiger partial charge in [-0.3, -0.25) is 10.1 Å². The molecular weight excluding hydrogens is 316 g/mol. The molecule has 0 aromatic carbocycles. The minimum absolute atomic E-state index is 0.0356. The molecule has 0 aliphatic heterocycles. The molecule has 22 heavy (non-hydrogen) atoms. The Kier molecular flexibility index (Phi) is 5.01. The lowest BCUT2D eigenvalue weighted by Crippen LogP contribution is -2.13. The number of carbonyl (C=O) groups is 1. The van der Waals surface area contributed by atoms with Crippen LogP contribution in [-0.2, 0) is 5.41 Å². The summed E-state index contributed by atoms with van der Waals surface area (Å²) in [5.74, 6) is 5.30. The second kappa shape index (κ2) is 6.61. The van der Waals surface area contributed by atoms with Crippen LogP contribution in [-0.4, -0.2) is 22.1 Å². The number of rotatable bonds is 2. The average Bonchev–Trinajstić information content (AvgIpc) is 3.04.